The van der Waals surface area contributed by atoms with Gasteiger partial charge >= 0.3 is 6.18 Å². The summed E-state index contributed by atoms with van der Waals surface area (Å²) < 4.78 is 38.4. The Kier molecular flexibility index (Phi) is 5.06. The summed E-state index contributed by atoms with van der Waals surface area (Å²) in [5.41, 5.74) is 0.0830. The summed E-state index contributed by atoms with van der Waals surface area (Å²) in [6, 6.07) is 25.1. The van der Waals surface area contributed by atoms with E-state index in [-0.39, 0.29) is 0 Å². The van der Waals surface area contributed by atoms with E-state index in [0.29, 0.717) is 0 Å². The van der Waals surface area contributed by atoms with Gasteiger partial charge in [-0.2, -0.15) is 13.2 Å². The summed E-state index contributed by atoms with van der Waals surface area (Å²) in [7, 11) is -0.902. The topological polar surface area (TPSA) is 0 Å². The zero-order valence-electron chi connectivity index (χ0n) is 13.4. The lowest BCUT2D eigenvalue weighted by molar-refractivity contribution is -0.137. The molecule has 0 atom stereocenters. The monoisotopic (exact) mass is 356 g/mol. The van der Waals surface area contributed by atoms with Crippen molar-refractivity contribution in [2.45, 2.75) is 6.18 Å². The van der Waals surface area contributed by atoms with E-state index in [4.69, 9.17) is 0 Å². The molecule has 4 heteroatoms. The molecule has 0 radical (unpaired) electrons. The van der Waals surface area contributed by atoms with Gasteiger partial charge < -0.3 is 0 Å². The highest BCUT2D eigenvalue weighted by molar-refractivity contribution is 7.82. The minimum absolute atomic E-state index is 0.646. The molecule has 0 saturated carbocycles. The second-order valence-electron chi connectivity index (χ2n) is 5.53. The fourth-order valence-electron chi connectivity index (χ4n) is 2.60. The SMILES string of the molecule is C=C(c1ccc(C(F)(F)F)cc1)P(c1ccccc1)c1ccccc1. The third kappa shape index (κ3) is 4.00. The van der Waals surface area contributed by atoms with Crippen molar-refractivity contribution in [3.05, 3.63) is 103 Å². The zero-order chi connectivity index (χ0) is 17.9. The van der Waals surface area contributed by atoms with E-state index in [2.05, 4.69) is 6.58 Å². The van der Waals surface area contributed by atoms with Gasteiger partial charge in [0.05, 0.1) is 5.56 Å². The molecular weight excluding hydrogens is 340 g/mol. The number of alkyl halides is 3. The van der Waals surface area contributed by atoms with Crippen LogP contribution in [0.15, 0.2) is 91.5 Å². The molecule has 0 aliphatic heterocycles. The van der Waals surface area contributed by atoms with Crippen molar-refractivity contribution in [2.75, 3.05) is 0 Å². The summed E-state index contributed by atoms with van der Waals surface area (Å²) in [6.07, 6.45) is -4.33. The fraction of sp³-hybridized carbons (Fsp3) is 0.0476. The van der Waals surface area contributed by atoms with E-state index in [1.54, 1.807) is 0 Å². The highest BCUT2D eigenvalue weighted by atomic mass is 31.1. The average Bonchev–Trinajstić information content (AvgIpc) is 2.63. The van der Waals surface area contributed by atoms with Crippen LogP contribution in [0.5, 0.6) is 0 Å². The van der Waals surface area contributed by atoms with Gasteiger partial charge in [-0.3, -0.25) is 0 Å². The third-order valence-electron chi connectivity index (χ3n) is 3.84. The molecule has 0 aromatic heterocycles. The Morgan fingerprint density at radius 2 is 1.12 bits per heavy atom. The van der Waals surface area contributed by atoms with Crippen molar-refractivity contribution in [1.82, 2.24) is 0 Å². The maximum Gasteiger partial charge on any atom is 0.416 e. The summed E-state index contributed by atoms with van der Waals surface area (Å²) in [6.45, 7) is 4.22. The van der Waals surface area contributed by atoms with Crippen molar-refractivity contribution < 1.29 is 13.2 Å². The molecule has 25 heavy (non-hydrogen) atoms. The summed E-state index contributed by atoms with van der Waals surface area (Å²) >= 11 is 0. The number of benzene rings is 3. The maximum atomic E-state index is 12.8. The molecule has 0 fully saturated rings. The van der Waals surface area contributed by atoms with Gasteiger partial charge in [-0.1, -0.05) is 79.4 Å². The van der Waals surface area contributed by atoms with Crippen LogP contribution in [0.1, 0.15) is 11.1 Å². The van der Waals surface area contributed by atoms with Crippen LogP contribution in [0, 0.1) is 0 Å². The summed E-state index contributed by atoms with van der Waals surface area (Å²) in [5, 5.41) is 3.07. The molecule has 0 unspecified atom stereocenters. The van der Waals surface area contributed by atoms with Gasteiger partial charge in [0, 0.05) is 0 Å². The molecule has 0 nitrogen and oxygen atoms in total. The van der Waals surface area contributed by atoms with Crippen LogP contribution in [0.2, 0.25) is 0 Å². The van der Waals surface area contributed by atoms with E-state index >= 15 is 0 Å². The van der Waals surface area contributed by atoms with Crippen LogP contribution < -0.4 is 10.6 Å². The molecule has 3 aromatic rings. The number of rotatable bonds is 4. The normalized spacial score (nSPS) is 11.5. The van der Waals surface area contributed by atoms with E-state index in [1.165, 1.54) is 12.1 Å². The van der Waals surface area contributed by atoms with Crippen LogP contribution in [-0.2, 0) is 6.18 Å². The fourth-order valence-corrected chi connectivity index (χ4v) is 4.86. The lowest BCUT2D eigenvalue weighted by atomic mass is 10.1. The Morgan fingerprint density at radius 1 is 0.680 bits per heavy atom. The second-order valence-corrected chi connectivity index (χ2v) is 7.77. The Bertz CT molecular complexity index is 798. The first-order chi connectivity index (χ1) is 12.0. The van der Waals surface area contributed by atoms with E-state index in [9.17, 15) is 13.2 Å². The predicted octanol–water partition coefficient (Wildman–Crippen LogP) is 5.81. The first-order valence-corrected chi connectivity index (χ1v) is 9.08. The standard InChI is InChI=1S/C21H16F3P/c1-16(17-12-14-18(15-13-17)21(22,23)24)25(19-8-4-2-5-9-19)20-10-6-3-7-11-20/h2-15H,1H2. The molecule has 3 rings (SSSR count). The molecule has 0 bridgehead atoms. The Morgan fingerprint density at radius 3 is 1.52 bits per heavy atom. The molecule has 0 N–H and O–H groups in total. The molecular formula is C21H16F3P. The molecule has 0 spiro atoms. The highest BCUT2D eigenvalue weighted by Gasteiger charge is 2.30. The van der Waals surface area contributed by atoms with Crippen LogP contribution in [0.4, 0.5) is 13.2 Å². The Labute approximate surface area is 146 Å². The number of halogens is 3. The number of hydrogen-bond acceptors (Lipinski definition) is 0. The van der Waals surface area contributed by atoms with Crippen molar-refractivity contribution in [2.24, 2.45) is 0 Å². The van der Waals surface area contributed by atoms with Crippen LogP contribution in [0.3, 0.4) is 0 Å². The highest BCUT2D eigenvalue weighted by Crippen LogP contribution is 2.47. The quantitative estimate of drug-likeness (QED) is 0.518. The minimum Gasteiger partial charge on any atom is -0.166 e. The molecule has 3 aromatic carbocycles. The molecule has 0 amide bonds. The van der Waals surface area contributed by atoms with Gasteiger partial charge in [0.2, 0.25) is 0 Å². The second kappa shape index (κ2) is 7.25. The van der Waals surface area contributed by atoms with Gasteiger partial charge in [0.1, 0.15) is 0 Å². The average molecular weight is 356 g/mol. The molecule has 0 heterocycles. The third-order valence-corrected chi connectivity index (χ3v) is 6.27. The van der Waals surface area contributed by atoms with Crippen molar-refractivity contribution in [1.29, 1.82) is 0 Å². The van der Waals surface area contributed by atoms with Crippen LogP contribution in [-0.4, -0.2) is 0 Å². The smallest absolute Gasteiger partial charge is 0.166 e. The first-order valence-electron chi connectivity index (χ1n) is 7.73. The minimum atomic E-state index is -4.33. The predicted molar refractivity (Wildman–Crippen MR) is 99.6 cm³/mol. The van der Waals surface area contributed by atoms with Gasteiger partial charge in [-0.25, -0.2) is 0 Å². The molecule has 0 aliphatic carbocycles. The lowest BCUT2D eigenvalue weighted by Crippen LogP contribution is -2.12. The van der Waals surface area contributed by atoms with Crippen molar-refractivity contribution in [3.8, 4) is 0 Å². The van der Waals surface area contributed by atoms with E-state index < -0.39 is 19.7 Å². The zero-order valence-corrected chi connectivity index (χ0v) is 14.3. The van der Waals surface area contributed by atoms with Crippen LogP contribution >= 0.6 is 7.92 Å². The maximum absolute atomic E-state index is 12.8. The molecule has 0 aliphatic rings. The van der Waals surface area contributed by atoms with Gasteiger partial charge in [-0.05, 0) is 41.5 Å². The van der Waals surface area contributed by atoms with Gasteiger partial charge in [0.15, 0.2) is 0 Å². The summed E-state index contributed by atoms with van der Waals surface area (Å²) in [5.74, 6) is 0. The number of hydrogen-bond donors (Lipinski definition) is 0. The Balaban J connectivity index is 2.00. The summed E-state index contributed by atoms with van der Waals surface area (Å²) in [4.78, 5) is 0. The van der Waals surface area contributed by atoms with Gasteiger partial charge in [-0.15, -0.1) is 0 Å². The molecule has 126 valence electrons. The Hall–Kier alpha value is -2.38. The van der Waals surface area contributed by atoms with E-state index in [0.717, 1.165) is 33.6 Å². The van der Waals surface area contributed by atoms with Crippen molar-refractivity contribution in [3.63, 3.8) is 0 Å². The van der Waals surface area contributed by atoms with Crippen LogP contribution in [0.25, 0.3) is 5.31 Å². The van der Waals surface area contributed by atoms with Gasteiger partial charge in [0.25, 0.3) is 0 Å². The first kappa shape index (κ1) is 17.4. The van der Waals surface area contributed by atoms with E-state index in [1.807, 2.05) is 60.7 Å². The lowest BCUT2D eigenvalue weighted by Gasteiger charge is -2.22. The van der Waals surface area contributed by atoms with Crippen molar-refractivity contribution >= 4 is 23.8 Å². The largest absolute Gasteiger partial charge is 0.416 e. The molecule has 0 saturated heterocycles.